The summed E-state index contributed by atoms with van der Waals surface area (Å²) < 4.78 is 27.4. The summed E-state index contributed by atoms with van der Waals surface area (Å²) >= 11 is 0. The SMILES string of the molecule is CCC(CCc1ccc2c(c1)C(=O)N(C[C@@H](C)[C@@H](O)c1cccc(O)c1)C2=O)COS(C)(=O)=O. The smallest absolute Gasteiger partial charge is 0.264 e. The van der Waals surface area contributed by atoms with Gasteiger partial charge in [-0.15, -0.1) is 0 Å². The van der Waals surface area contributed by atoms with E-state index >= 15 is 0 Å². The van der Waals surface area contributed by atoms with Gasteiger partial charge < -0.3 is 10.2 Å². The van der Waals surface area contributed by atoms with E-state index in [1.165, 1.54) is 12.1 Å². The van der Waals surface area contributed by atoms with Crippen molar-refractivity contribution in [2.45, 2.75) is 39.2 Å². The van der Waals surface area contributed by atoms with Gasteiger partial charge in [0.15, 0.2) is 0 Å². The second kappa shape index (κ2) is 10.7. The fraction of sp³-hybridized carbons (Fsp3) is 0.440. The number of hydrogen-bond donors (Lipinski definition) is 2. The summed E-state index contributed by atoms with van der Waals surface area (Å²) in [5.74, 6) is -1.15. The first kappa shape index (κ1) is 25.9. The van der Waals surface area contributed by atoms with Crippen LogP contribution in [0.4, 0.5) is 0 Å². The molecule has 0 radical (unpaired) electrons. The van der Waals surface area contributed by atoms with Crippen molar-refractivity contribution in [3.05, 3.63) is 64.7 Å². The van der Waals surface area contributed by atoms with E-state index in [-0.39, 0.29) is 24.8 Å². The number of amides is 2. The molecule has 0 aliphatic carbocycles. The zero-order chi connectivity index (χ0) is 25.0. The van der Waals surface area contributed by atoms with Crippen LogP contribution in [0, 0.1) is 11.8 Å². The van der Waals surface area contributed by atoms with Crippen LogP contribution in [0.3, 0.4) is 0 Å². The van der Waals surface area contributed by atoms with Gasteiger partial charge in [0, 0.05) is 12.5 Å². The third-order valence-corrected chi connectivity index (χ3v) is 6.76. The average molecular weight is 490 g/mol. The molecule has 184 valence electrons. The molecule has 1 heterocycles. The van der Waals surface area contributed by atoms with Gasteiger partial charge in [-0.1, -0.05) is 38.5 Å². The minimum Gasteiger partial charge on any atom is -0.508 e. The molecule has 1 aliphatic rings. The number of nitrogens with zero attached hydrogens (tertiary/aromatic N) is 1. The summed E-state index contributed by atoms with van der Waals surface area (Å²) in [6, 6.07) is 11.4. The van der Waals surface area contributed by atoms with Crippen LogP contribution in [-0.2, 0) is 20.7 Å². The van der Waals surface area contributed by atoms with Crippen molar-refractivity contribution in [1.29, 1.82) is 0 Å². The largest absolute Gasteiger partial charge is 0.508 e. The number of carbonyl (C=O) groups excluding carboxylic acids is 2. The van der Waals surface area contributed by atoms with Crippen LogP contribution in [0.2, 0.25) is 0 Å². The van der Waals surface area contributed by atoms with Gasteiger partial charge in [0.05, 0.1) is 30.1 Å². The number of rotatable bonds is 11. The fourth-order valence-corrected chi connectivity index (χ4v) is 4.52. The molecule has 8 nitrogen and oxygen atoms in total. The molecule has 0 aromatic heterocycles. The summed E-state index contributed by atoms with van der Waals surface area (Å²) in [6.45, 7) is 3.86. The summed E-state index contributed by atoms with van der Waals surface area (Å²) in [5, 5.41) is 20.3. The first-order valence-corrected chi connectivity index (χ1v) is 13.1. The quantitative estimate of drug-likeness (QED) is 0.367. The van der Waals surface area contributed by atoms with E-state index in [1.807, 2.05) is 13.0 Å². The van der Waals surface area contributed by atoms with Gasteiger partial charge in [-0.3, -0.25) is 18.7 Å². The van der Waals surface area contributed by atoms with Crippen LogP contribution in [0.5, 0.6) is 5.75 Å². The Labute approximate surface area is 200 Å². The number of aliphatic hydroxyl groups excluding tert-OH is 1. The van der Waals surface area contributed by atoms with Crippen LogP contribution in [0.25, 0.3) is 0 Å². The van der Waals surface area contributed by atoms with Gasteiger partial charge >= 0.3 is 0 Å². The van der Waals surface area contributed by atoms with Crippen molar-refractivity contribution >= 4 is 21.9 Å². The Morgan fingerprint density at radius 3 is 2.41 bits per heavy atom. The zero-order valence-electron chi connectivity index (χ0n) is 19.6. The lowest BCUT2D eigenvalue weighted by Crippen LogP contribution is -2.35. The van der Waals surface area contributed by atoms with Crippen molar-refractivity contribution in [1.82, 2.24) is 4.90 Å². The lowest BCUT2D eigenvalue weighted by molar-refractivity contribution is 0.0536. The van der Waals surface area contributed by atoms with E-state index in [2.05, 4.69) is 0 Å². The fourth-order valence-electron chi connectivity index (χ4n) is 4.08. The molecule has 1 unspecified atom stereocenters. The molecule has 0 spiro atoms. The third kappa shape index (κ3) is 6.22. The summed E-state index contributed by atoms with van der Waals surface area (Å²) in [4.78, 5) is 27.0. The molecule has 2 aromatic rings. The second-order valence-electron chi connectivity index (χ2n) is 8.92. The average Bonchev–Trinajstić information content (AvgIpc) is 3.02. The van der Waals surface area contributed by atoms with Crippen LogP contribution in [0.1, 0.15) is 64.6 Å². The standard InChI is InChI=1S/C25H31NO7S/c1-4-17(15-33-34(3,31)32)8-9-18-10-11-21-22(12-18)25(30)26(24(21)29)14-16(2)23(28)19-6-5-7-20(27)13-19/h5-7,10-13,16-17,23,27-28H,4,8-9,14-15H2,1-3H3/t16-,17?,23-/m1/s1. The molecule has 2 aromatic carbocycles. The Balaban J connectivity index is 1.66. The number of carbonyl (C=O) groups is 2. The molecule has 9 heteroatoms. The lowest BCUT2D eigenvalue weighted by atomic mass is 9.96. The highest BCUT2D eigenvalue weighted by Gasteiger charge is 2.37. The van der Waals surface area contributed by atoms with Gasteiger partial charge in [-0.2, -0.15) is 8.42 Å². The maximum atomic E-state index is 13.0. The normalized spacial score (nSPS) is 16.4. The van der Waals surface area contributed by atoms with Gasteiger partial charge in [0.2, 0.25) is 0 Å². The van der Waals surface area contributed by atoms with E-state index in [4.69, 9.17) is 4.18 Å². The van der Waals surface area contributed by atoms with Crippen LogP contribution < -0.4 is 0 Å². The molecule has 0 fully saturated rings. The van der Waals surface area contributed by atoms with Crippen LogP contribution >= 0.6 is 0 Å². The van der Waals surface area contributed by atoms with Crippen LogP contribution in [0.15, 0.2) is 42.5 Å². The van der Waals surface area contributed by atoms with E-state index in [0.717, 1.165) is 23.1 Å². The molecular formula is C25H31NO7S. The van der Waals surface area contributed by atoms with Crippen molar-refractivity contribution in [3.63, 3.8) is 0 Å². The highest BCUT2D eigenvalue weighted by atomic mass is 32.2. The number of hydrogen-bond acceptors (Lipinski definition) is 7. The molecule has 3 rings (SSSR count). The molecule has 34 heavy (non-hydrogen) atoms. The Hall–Kier alpha value is -2.75. The monoisotopic (exact) mass is 489 g/mol. The Morgan fingerprint density at radius 1 is 1.06 bits per heavy atom. The molecule has 3 atom stereocenters. The van der Waals surface area contributed by atoms with Crippen molar-refractivity contribution < 1.29 is 32.4 Å². The second-order valence-corrected chi connectivity index (χ2v) is 10.6. The topological polar surface area (TPSA) is 121 Å². The molecule has 2 N–H and O–H groups in total. The van der Waals surface area contributed by atoms with Gasteiger partial charge in [-0.05, 0) is 54.2 Å². The maximum Gasteiger partial charge on any atom is 0.264 e. The van der Waals surface area contributed by atoms with Crippen molar-refractivity contribution in [2.75, 3.05) is 19.4 Å². The van der Waals surface area contributed by atoms with E-state index in [1.54, 1.807) is 31.2 Å². The first-order chi connectivity index (χ1) is 16.0. The van der Waals surface area contributed by atoms with Gasteiger partial charge in [-0.25, -0.2) is 0 Å². The van der Waals surface area contributed by atoms with Crippen LogP contribution in [-0.4, -0.2) is 54.8 Å². The number of aliphatic hydroxyl groups is 1. The molecule has 2 amide bonds. The highest BCUT2D eigenvalue weighted by molar-refractivity contribution is 7.85. The predicted octanol–water partition coefficient (Wildman–Crippen LogP) is 3.29. The van der Waals surface area contributed by atoms with Crippen molar-refractivity contribution in [3.8, 4) is 5.75 Å². The Morgan fingerprint density at radius 2 is 1.76 bits per heavy atom. The summed E-state index contributed by atoms with van der Waals surface area (Å²) in [6.07, 6.45) is 2.13. The minimum absolute atomic E-state index is 0.0326. The van der Waals surface area contributed by atoms with Gasteiger partial charge in [0.25, 0.3) is 21.9 Å². The molecule has 0 bridgehead atoms. The summed E-state index contributed by atoms with van der Waals surface area (Å²) in [5.41, 5.74) is 2.06. The third-order valence-electron chi connectivity index (χ3n) is 6.19. The highest BCUT2D eigenvalue weighted by Crippen LogP contribution is 2.30. The number of phenols is 1. The molecular weight excluding hydrogens is 458 g/mol. The van der Waals surface area contributed by atoms with Crippen molar-refractivity contribution in [2.24, 2.45) is 11.8 Å². The summed E-state index contributed by atoms with van der Waals surface area (Å²) in [7, 11) is -3.49. The molecule has 1 aliphatic heterocycles. The number of aromatic hydroxyl groups is 1. The number of imide groups is 1. The van der Waals surface area contributed by atoms with E-state index in [0.29, 0.717) is 29.5 Å². The predicted molar refractivity (Wildman–Crippen MR) is 127 cm³/mol. The Kier molecular flexibility index (Phi) is 8.12. The number of benzene rings is 2. The minimum atomic E-state index is -3.49. The van der Waals surface area contributed by atoms with E-state index < -0.39 is 34.0 Å². The Bertz CT molecular complexity index is 1160. The first-order valence-electron chi connectivity index (χ1n) is 11.3. The molecule has 0 saturated heterocycles. The van der Waals surface area contributed by atoms with E-state index in [9.17, 15) is 28.2 Å². The number of fused-ring (bicyclic) bond motifs is 1. The number of phenolic OH excluding ortho intramolecular Hbond substituents is 1. The maximum absolute atomic E-state index is 13.0. The lowest BCUT2D eigenvalue weighted by Gasteiger charge is -2.24. The molecule has 0 saturated carbocycles. The number of aryl methyl sites for hydroxylation is 1. The van der Waals surface area contributed by atoms with Gasteiger partial charge in [0.1, 0.15) is 5.75 Å². The zero-order valence-corrected chi connectivity index (χ0v) is 20.4.